The van der Waals surface area contributed by atoms with E-state index in [1.54, 1.807) is 0 Å². The van der Waals surface area contributed by atoms with Crippen LogP contribution in [0.15, 0.2) is 30.3 Å². The third-order valence-electron chi connectivity index (χ3n) is 5.04. The topological polar surface area (TPSA) is 77.1 Å². The van der Waals surface area contributed by atoms with E-state index in [4.69, 9.17) is 17.6 Å². The van der Waals surface area contributed by atoms with Crippen molar-refractivity contribution in [1.82, 2.24) is 0 Å². The molecule has 0 aliphatic heterocycles. The fourth-order valence-electron chi connectivity index (χ4n) is 2.74. The van der Waals surface area contributed by atoms with Crippen LogP contribution in [-0.2, 0) is 34.9 Å². The second-order valence-corrected chi connectivity index (χ2v) is 11.7. The Balaban J connectivity index is -0.000000157. The summed E-state index contributed by atoms with van der Waals surface area (Å²) in [6, 6.07) is 12.5. The van der Waals surface area contributed by atoms with E-state index in [0.29, 0.717) is 7.92 Å². The summed E-state index contributed by atoms with van der Waals surface area (Å²) in [5.74, 6) is 4.68. The van der Waals surface area contributed by atoms with Gasteiger partial charge in [-0.1, -0.05) is 34.6 Å². The monoisotopic (exact) mass is 663 g/mol. The van der Waals surface area contributed by atoms with Crippen LogP contribution < -0.4 is 0 Å². The Kier molecular flexibility index (Phi) is 23.6. The Morgan fingerprint density at radius 1 is 0.839 bits per heavy atom. The van der Waals surface area contributed by atoms with Gasteiger partial charge in [0.1, 0.15) is 0 Å². The van der Waals surface area contributed by atoms with Crippen molar-refractivity contribution in [2.75, 3.05) is 20.0 Å². The smallest absolute Gasteiger partial charge is 0.184 e. The van der Waals surface area contributed by atoms with Gasteiger partial charge in [-0.15, -0.1) is 7.92 Å². The summed E-state index contributed by atoms with van der Waals surface area (Å²) in [6.07, 6.45) is 0. The zero-order valence-corrected chi connectivity index (χ0v) is 23.3. The molecule has 0 N–H and O–H groups in total. The molecule has 10 heteroatoms. The molecule has 182 valence electrons. The number of alkyl halides is 3. The molecule has 0 saturated heterocycles. The molecule has 31 heavy (non-hydrogen) atoms. The molecule has 1 aromatic carbocycles. The molecule has 0 aromatic heterocycles. The van der Waals surface area contributed by atoms with E-state index < -0.39 is 15.6 Å². The number of benzene rings is 1. The van der Waals surface area contributed by atoms with Crippen molar-refractivity contribution >= 4 is 18.0 Å². The van der Waals surface area contributed by atoms with Crippen molar-refractivity contribution in [2.24, 2.45) is 29.6 Å². The summed E-state index contributed by atoms with van der Waals surface area (Å²) < 4.78 is 66.4. The number of halogens is 3. The van der Waals surface area contributed by atoms with Gasteiger partial charge in [0, 0.05) is 0 Å². The van der Waals surface area contributed by atoms with Gasteiger partial charge >= 0.3 is 36.9 Å². The molecule has 1 fully saturated rings. The Morgan fingerprint density at radius 2 is 1.03 bits per heavy atom. The van der Waals surface area contributed by atoms with Crippen molar-refractivity contribution in [3.8, 4) is 0 Å². The Hall–Kier alpha value is -0.261. The average molecular weight is 663 g/mol. The summed E-state index contributed by atoms with van der Waals surface area (Å²) in [5, 5.41) is 0. The molecule has 0 unspecified atom stereocenters. The van der Waals surface area contributed by atoms with Gasteiger partial charge in [0.2, 0.25) is 0 Å². The quantitative estimate of drug-likeness (QED) is 0.112. The molecular formula is C21H34F3IrO4PS+. The van der Waals surface area contributed by atoms with Gasteiger partial charge in [0.25, 0.3) is 0 Å². The molecule has 0 atom stereocenters. The third kappa shape index (κ3) is 19.0. The van der Waals surface area contributed by atoms with Crippen LogP contribution in [0.5, 0.6) is 0 Å². The maximum atomic E-state index is 10.7. The van der Waals surface area contributed by atoms with Gasteiger partial charge < -0.3 is 4.55 Å². The molecule has 4 nitrogen and oxygen atoms in total. The predicted octanol–water partition coefficient (Wildman–Crippen LogP) is 6.04. The summed E-state index contributed by atoms with van der Waals surface area (Å²) in [5.41, 5.74) is -5.65. The van der Waals surface area contributed by atoms with Gasteiger partial charge in [0.15, 0.2) is 10.1 Å². The van der Waals surface area contributed by atoms with Crippen molar-refractivity contribution in [3.63, 3.8) is 0 Å². The fourth-order valence-corrected chi connectivity index (χ4v) is 2.74. The second kappa shape index (κ2) is 19.2. The van der Waals surface area contributed by atoms with Gasteiger partial charge in [-0.05, 0) is 49.6 Å². The summed E-state index contributed by atoms with van der Waals surface area (Å²) in [6.45, 7) is 23.2. The van der Waals surface area contributed by atoms with Gasteiger partial charge in [0.05, 0.1) is 0 Å². The molecule has 1 aliphatic carbocycles. The van der Waals surface area contributed by atoms with Crippen molar-refractivity contribution in [2.45, 2.75) is 40.1 Å². The van der Waals surface area contributed by atoms with Crippen LogP contribution in [0.2, 0.25) is 0 Å². The first-order chi connectivity index (χ1) is 13.5. The van der Waals surface area contributed by atoms with E-state index >= 15 is 0 Å². The van der Waals surface area contributed by atoms with Crippen LogP contribution >= 0.6 is 7.92 Å². The Morgan fingerprint density at radius 3 is 1.10 bits per heavy atom. The molecule has 1 aromatic rings. The first-order valence-electron chi connectivity index (χ1n) is 9.28. The molecule has 1 saturated carbocycles. The second-order valence-electron chi connectivity index (χ2n) is 7.61. The standard InChI is InChI=1S/C10H20.C6H5.C3H9P.CHF3O3S.CO.Ir/c1-6-7(2)9(4)10(5)8(6)3;1-2-4-6-5-3-1;1-4(2)3;2-1(3,4)8(5,6)7;1-2;/h6-10H,1-5H3;1-5H;1-3H3;(H,5,6,7);;/q;-1;;;;+3/p-1. The predicted molar refractivity (Wildman–Crippen MR) is 115 cm³/mol. The Labute approximate surface area is 201 Å². The minimum Gasteiger partial charge on any atom is -0.184 e. The summed E-state index contributed by atoms with van der Waals surface area (Å²) in [7, 11) is -5.71. The molecule has 1 aliphatic rings. The van der Waals surface area contributed by atoms with E-state index in [9.17, 15) is 13.2 Å². The molecule has 2 rings (SSSR count). The van der Waals surface area contributed by atoms with Crippen LogP contribution in [0.1, 0.15) is 34.6 Å². The van der Waals surface area contributed by atoms with Crippen molar-refractivity contribution in [1.29, 1.82) is 0 Å². The molecule has 0 amide bonds. The first-order valence-corrected chi connectivity index (χ1v) is 13.4. The zero-order chi connectivity index (χ0) is 24.7. The van der Waals surface area contributed by atoms with Crippen LogP contribution in [0, 0.1) is 42.3 Å². The molecule has 0 radical (unpaired) electrons. The Bertz CT molecular complexity index is 581. The third-order valence-corrected chi connectivity index (χ3v) is 5.60. The van der Waals surface area contributed by atoms with E-state index in [2.05, 4.69) is 67.3 Å². The van der Waals surface area contributed by atoms with Crippen LogP contribution in [0.25, 0.3) is 0 Å². The van der Waals surface area contributed by atoms with E-state index in [1.807, 2.05) is 30.3 Å². The van der Waals surface area contributed by atoms with Crippen LogP contribution in [0.4, 0.5) is 13.2 Å². The van der Waals surface area contributed by atoms with Crippen molar-refractivity contribution < 1.29 is 50.9 Å². The van der Waals surface area contributed by atoms with Gasteiger partial charge in [-0.3, -0.25) is 0 Å². The summed E-state index contributed by atoms with van der Waals surface area (Å²) in [4.78, 5) is 0. The maximum Gasteiger partial charge on any atom is 3.00 e. The average Bonchev–Trinajstić information content (AvgIpc) is 2.82. The first kappa shape index (κ1) is 38.0. The molecule has 0 heterocycles. The fraction of sp³-hybridized carbons (Fsp3) is 0.667. The molecule has 0 spiro atoms. The number of hydrogen-bond acceptors (Lipinski definition) is 3. The minimum absolute atomic E-state index is 0. The zero-order valence-electron chi connectivity index (χ0n) is 19.2. The van der Waals surface area contributed by atoms with Gasteiger partial charge in [-0.25, -0.2) is 8.42 Å². The van der Waals surface area contributed by atoms with E-state index in [0.717, 1.165) is 29.6 Å². The largest absolute Gasteiger partial charge is 3.00 e. The van der Waals surface area contributed by atoms with E-state index in [1.165, 1.54) is 0 Å². The van der Waals surface area contributed by atoms with E-state index in [-0.39, 0.29) is 20.1 Å². The SMILES string of the molecule is CC1C(C)C(C)C(C)C1C.CP(C)C.O=S(=O)([O-])C(F)(F)F.[C-]#[O+].[Ir+3].[c-]1ccccc1. The number of hydrogen-bond donors (Lipinski definition) is 0. The minimum atomic E-state index is -6.09. The maximum absolute atomic E-state index is 10.7. The molecule has 0 bridgehead atoms. The van der Waals surface area contributed by atoms with Crippen LogP contribution in [-0.4, -0.2) is 38.5 Å². The van der Waals surface area contributed by atoms with Crippen LogP contribution in [0.3, 0.4) is 0 Å². The number of rotatable bonds is 0. The summed E-state index contributed by atoms with van der Waals surface area (Å²) >= 11 is 0. The normalized spacial score (nSPS) is 24.3. The van der Waals surface area contributed by atoms with Crippen molar-refractivity contribution in [3.05, 3.63) is 43.0 Å². The molecular weight excluding hydrogens is 628 g/mol. The van der Waals surface area contributed by atoms with Gasteiger partial charge in [-0.2, -0.15) is 49.6 Å².